The van der Waals surface area contributed by atoms with Gasteiger partial charge in [-0.05, 0) is 92.0 Å². The van der Waals surface area contributed by atoms with Crippen LogP contribution in [0.15, 0.2) is 168 Å². The normalized spacial score (nSPS) is 19.7. The molecule has 0 amide bonds. The van der Waals surface area contributed by atoms with Crippen LogP contribution in [0.3, 0.4) is 0 Å². The predicted octanol–water partition coefficient (Wildman–Crippen LogP) is 14.3. The van der Waals surface area contributed by atoms with Crippen LogP contribution in [-0.4, -0.2) is 9.97 Å². The highest BCUT2D eigenvalue weighted by Crippen LogP contribution is 2.64. The van der Waals surface area contributed by atoms with Crippen LogP contribution in [0.2, 0.25) is 0 Å². The molecule has 2 unspecified atom stereocenters. The third kappa shape index (κ3) is 4.86. The number of furan rings is 1. The minimum Gasteiger partial charge on any atom is -0.452 e. The summed E-state index contributed by atoms with van der Waals surface area (Å²) in [6, 6.07) is 52.7. The average molecular weight is 749 g/mol. The van der Waals surface area contributed by atoms with Crippen LogP contribution >= 0.6 is 0 Å². The molecule has 1 saturated carbocycles. The molecule has 12 rings (SSSR count). The molecule has 2 heterocycles. The minimum absolute atomic E-state index is 0.0840. The maximum atomic E-state index is 6.41. The van der Waals surface area contributed by atoms with Crippen molar-refractivity contribution in [2.45, 2.75) is 62.7 Å². The topological polar surface area (TPSA) is 38.9 Å². The molecule has 2 atom stereocenters. The Kier molecular flexibility index (Phi) is 7.33. The summed E-state index contributed by atoms with van der Waals surface area (Å²) in [6.07, 6.45) is 11.9. The lowest BCUT2D eigenvalue weighted by Gasteiger charge is -2.39. The van der Waals surface area contributed by atoms with E-state index in [1.165, 1.54) is 76.6 Å². The summed E-state index contributed by atoms with van der Waals surface area (Å²) >= 11 is 0. The number of para-hydroxylation sites is 1. The molecule has 1 spiro atoms. The number of fused-ring (bicyclic) bond motifs is 11. The van der Waals surface area contributed by atoms with Crippen molar-refractivity contribution in [1.82, 2.24) is 9.97 Å². The van der Waals surface area contributed by atoms with Crippen LogP contribution in [0, 0.1) is 5.92 Å². The van der Waals surface area contributed by atoms with Crippen molar-refractivity contribution in [3.8, 4) is 44.9 Å². The molecule has 8 aromatic rings. The van der Waals surface area contributed by atoms with Gasteiger partial charge in [-0.2, -0.15) is 0 Å². The van der Waals surface area contributed by atoms with Gasteiger partial charge in [0, 0.05) is 27.8 Å². The van der Waals surface area contributed by atoms with Gasteiger partial charge in [-0.3, -0.25) is 0 Å². The quantitative estimate of drug-likeness (QED) is 0.180. The molecule has 4 aliphatic carbocycles. The Morgan fingerprint density at radius 3 is 2.03 bits per heavy atom. The first-order valence-electron chi connectivity index (χ1n) is 21.1. The number of benzene rings is 6. The van der Waals surface area contributed by atoms with Gasteiger partial charge in [0.15, 0.2) is 11.4 Å². The van der Waals surface area contributed by atoms with E-state index in [0.29, 0.717) is 23.2 Å². The van der Waals surface area contributed by atoms with Gasteiger partial charge in [-0.1, -0.05) is 179 Å². The van der Waals surface area contributed by atoms with Gasteiger partial charge in [0.1, 0.15) is 16.8 Å². The Bertz CT molecular complexity index is 2990. The lowest BCUT2D eigenvalue weighted by Crippen LogP contribution is -2.31. The van der Waals surface area contributed by atoms with Crippen molar-refractivity contribution in [2.75, 3.05) is 0 Å². The van der Waals surface area contributed by atoms with E-state index in [9.17, 15) is 0 Å². The van der Waals surface area contributed by atoms with Gasteiger partial charge in [0.2, 0.25) is 0 Å². The Labute approximate surface area is 339 Å². The van der Waals surface area contributed by atoms with Crippen molar-refractivity contribution in [1.29, 1.82) is 0 Å². The van der Waals surface area contributed by atoms with Crippen LogP contribution in [0.1, 0.15) is 74.1 Å². The fourth-order valence-corrected chi connectivity index (χ4v) is 11.4. The molecule has 0 radical (unpaired) electrons. The van der Waals surface area contributed by atoms with Crippen LogP contribution in [0.25, 0.3) is 72.5 Å². The second-order valence-electron chi connectivity index (χ2n) is 17.6. The number of hydrogen-bond acceptors (Lipinski definition) is 3. The van der Waals surface area contributed by atoms with Gasteiger partial charge in [0.25, 0.3) is 0 Å². The van der Waals surface area contributed by atoms with E-state index in [1.54, 1.807) is 11.1 Å². The van der Waals surface area contributed by atoms with Crippen molar-refractivity contribution < 1.29 is 4.42 Å². The monoisotopic (exact) mass is 748 g/mol. The molecule has 1 fully saturated rings. The van der Waals surface area contributed by atoms with Crippen molar-refractivity contribution in [3.05, 3.63) is 186 Å². The van der Waals surface area contributed by atoms with Crippen LogP contribution in [0.4, 0.5) is 0 Å². The summed E-state index contributed by atoms with van der Waals surface area (Å²) in [5.41, 5.74) is 19.6. The average Bonchev–Trinajstić information content (AvgIpc) is 3.87. The molecule has 6 aromatic carbocycles. The van der Waals surface area contributed by atoms with Crippen LogP contribution in [0.5, 0.6) is 0 Å². The molecule has 0 saturated heterocycles. The first-order chi connectivity index (χ1) is 28.5. The molecule has 0 N–H and O–H groups in total. The first kappa shape index (κ1) is 33.8. The summed E-state index contributed by atoms with van der Waals surface area (Å²) in [5.74, 6) is 1.58. The highest BCUT2D eigenvalue weighted by Gasteiger charge is 2.53. The van der Waals surface area contributed by atoms with Crippen LogP contribution < -0.4 is 0 Å². The number of rotatable bonds is 4. The van der Waals surface area contributed by atoms with Crippen molar-refractivity contribution in [3.63, 3.8) is 0 Å². The van der Waals surface area contributed by atoms with Gasteiger partial charge < -0.3 is 4.42 Å². The second-order valence-corrected chi connectivity index (χ2v) is 17.6. The third-order valence-corrected chi connectivity index (χ3v) is 14.2. The standard InChI is InChI=1S/C55H44N2O/c1-54(2)44-19-9-7-16-40(44)42-32-47-43(33-46(42)54)49-39(18-13-20-45(49)55(47)30-11-4-12-31-55)36-26-22-34(23-27-36)35-24-28-37(29-25-35)50-52-51(41-17-8-10-21-48(41)58-52)57-53(56-50)38-14-5-3-6-15-38/h3,5-10,13-29,32-33,42,46H,4,11-12,30-31H2,1-2H3. The molecule has 0 bridgehead atoms. The maximum absolute atomic E-state index is 6.41. The zero-order chi connectivity index (χ0) is 38.6. The lowest BCUT2D eigenvalue weighted by molar-refractivity contribution is 0.345. The summed E-state index contributed by atoms with van der Waals surface area (Å²) in [4.78, 5) is 10.1. The van der Waals surface area contributed by atoms with Crippen LogP contribution in [-0.2, 0) is 10.8 Å². The summed E-state index contributed by atoms with van der Waals surface area (Å²) in [6.45, 7) is 4.93. The summed E-state index contributed by atoms with van der Waals surface area (Å²) in [5, 5.41) is 0.997. The SMILES string of the molecule is CC1(C)c2ccccc2C2C=C3C(=CC21)c1c(-c2ccc(-c4ccc(-c5nc(-c6ccccc6)nc6c5oc5ccccc56)cc4)cc2)cccc1C31CCCCC1. The van der Waals surface area contributed by atoms with Crippen molar-refractivity contribution in [2.24, 2.45) is 5.92 Å². The minimum atomic E-state index is 0.0840. The largest absolute Gasteiger partial charge is 0.452 e. The van der Waals surface area contributed by atoms with Gasteiger partial charge in [0.05, 0.1) is 0 Å². The molecule has 3 nitrogen and oxygen atoms in total. The molecule has 0 aliphatic heterocycles. The van der Waals surface area contributed by atoms with E-state index >= 15 is 0 Å². The zero-order valence-corrected chi connectivity index (χ0v) is 33.0. The van der Waals surface area contributed by atoms with Gasteiger partial charge in [-0.25, -0.2) is 9.97 Å². The Morgan fingerprint density at radius 2 is 1.24 bits per heavy atom. The Hall–Kier alpha value is -6.32. The maximum Gasteiger partial charge on any atom is 0.180 e. The second kappa shape index (κ2) is 12.6. The van der Waals surface area contributed by atoms with Gasteiger partial charge >= 0.3 is 0 Å². The Morgan fingerprint density at radius 1 is 0.569 bits per heavy atom. The fourth-order valence-electron chi connectivity index (χ4n) is 11.4. The molecular formula is C55H44N2O. The molecule has 3 heteroatoms. The highest BCUT2D eigenvalue weighted by atomic mass is 16.3. The smallest absolute Gasteiger partial charge is 0.180 e. The number of nitrogens with zero attached hydrogens (tertiary/aromatic N) is 2. The molecule has 280 valence electrons. The summed E-state index contributed by atoms with van der Waals surface area (Å²) in [7, 11) is 0. The van der Waals surface area contributed by atoms with Crippen molar-refractivity contribution >= 4 is 27.6 Å². The third-order valence-electron chi connectivity index (χ3n) is 14.2. The molecule has 58 heavy (non-hydrogen) atoms. The number of allylic oxidation sites excluding steroid dienone is 4. The highest BCUT2D eigenvalue weighted by molar-refractivity contribution is 6.07. The van der Waals surface area contributed by atoms with E-state index in [0.717, 1.165) is 33.3 Å². The van der Waals surface area contributed by atoms with E-state index in [4.69, 9.17) is 14.4 Å². The fraction of sp³-hybridized carbons (Fsp3) is 0.200. The number of hydrogen-bond donors (Lipinski definition) is 0. The van der Waals surface area contributed by atoms with E-state index in [1.807, 2.05) is 36.4 Å². The van der Waals surface area contributed by atoms with E-state index < -0.39 is 0 Å². The van der Waals surface area contributed by atoms with E-state index in [-0.39, 0.29) is 10.8 Å². The van der Waals surface area contributed by atoms with Gasteiger partial charge in [-0.15, -0.1) is 0 Å². The molecular weight excluding hydrogens is 705 g/mol. The zero-order valence-electron chi connectivity index (χ0n) is 33.0. The van der Waals surface area contributed by atoms with E-state index in [2.05, 4.69) is 135 Å². The lowest BCUT2D eigenvalue weighted by atomic mass is 9.64. The first-order valence-corrected chi connectivity index (χ1v) is 21.1. The predicted molar refractivity (Wildman–Crippen MR) is 238 cm³/mol. The molecule has 4 aliphatic rings. The Balaban J connectivity index is 0.918. The molecule has 2 aromatic heterocycles. The summed E-state index contributed by atoms with van der Waals surface area (Å²) < 4.78 is 6.41. The number of aromatic nitrogens is 2.